The highest BCUT2D eigenvalue weighted by Gasteiger charge is 2.29. The maximum Gasteiger partial charge on any atom is 0.262 e. The number of aryl methyl sites for hydroxylation is 2. The Kier molecular flexibility index (Phi) is 5.74. The molecule has 2 amide bonds. The van der Waals surface area contributed by atoms with Crippen LogP contribution in [0.5, 0.6) is 11.5 Å². The second-order valence-electron chi connectivity index (χ2n) is 8.90. The van der Waals surface area contributed by atoms with E-state index in [4.69, 9.17) is 4.74 Å². The molecule has 0 saturated carbocycles. The monoisotopic (exact) mass is 455 g/mol. The van der Waals surface area contributed by atoms with E-state index in [0.717, 1.165) is 13.1 Å². The van der Waals surface area contributed by atoms with Crippen LogP contribution in [0, 0.1) is 13.8 Å². The molecule has 2 heterocycles. The quantitative estimate of drug-likeness (QED) is 0.555. The van der Waals surface area contributed by atoms with Gasteiger partial charge in [-0.25, -0.2) is 0 Å². The Morgan fingerprint density at radius 3 is 2.41 bits per heavy atom. The van der Waals surface area contributed by atoms with Gasteiger partial charge in [-0.15, -0.1) is 0 Å². The molecule has 2 aliphatic rings. The molecule has 1 fully saturated rings. The van der Waals surface area contributed by atoms with Crippen LogP contribution in [0.3, 0.4) is 0 Å². The summed E-state index contributed by atoms with van der Waals surface area (Å²) in [5, 5.41) is 0. The lowest BCUT2D eigenvalue weighted by Gasteiger charge is -2.37. The molecule has 3 aromatic carbocycles. The molecule has 174 valence electrons. The molecule has 0 atom stereocenters. The Morgan fingerprint density at radius 1 is 0.882 bits per heavy atom. The van der Waals surface area contributed by atoms with Gasteiger partial charge in [-0.05, 0) is 68.3 Å². The van der Waals surface area contributed by atoms with Crippen molar-refractivity contribution in [3.8, 4) is 11.5 Å². The van der Waals surface area contributed by atoms with E-state index < -0.39 is 0 Å². The summed E-state index contributed by atoms with van der Waals surface area (Å²) in [5.41, 5.74) is 5.45. The molecule has 3 aromatic rings. The van der Waals surface area contributed by atoms with Crippen LogP contribution >= 0.6 is 0 Å². The van der Waals surface area contributed by atoms with Crippen molar-refractivity contribution in [2.24, 2.45) is 0 Å². The number of nitrogens with zero attached hydrogens (tertiary/aromatic N) is 3. The molecule has 5 rings (SSSR count). The maximum absolute atomic E-state index is 13.4. The third-order valence-corrected chi connectivity index (χ3v) is 6.67. The molecule has 0 N–H and O–H groups in total. The van der Waals surface area contributed by atoms with E-state index >= 15 is 0 Å². The molecule has 0 aliphatic carbocycles. The lowest BCUT2D eigenvalue weighted by Crippen LogP contribution is -2.49. The summed E-state index contributed by atoms with van der Waals surface area (Å²) in [6, 6.07) is 19.1. The van der Waals surface area contributed by atoms with E-state index in [0.29, 0.717) is 47.9 Å². The van der Waals surface area contributed by atoms with Crippen LogP contribution in [0.25, 0.3) is 0 Å². The number of para-hydroxylation sites is 1. The number of piperazine rings is 1. The van der Waals surface area contributed by atoms with Crippen LogP contribution in [-0.4, -0.2) is 49.4 Å². The Bertz CT molecular complexity index is 1260. The molecular formula is C28H29N3O3. The average molecular weight is 456 g/mol. The maximum atomic E-state index is 13.4. The summed E-state index contributed by atoms with van der Waals surface area (Å²) in [7, 11) is 0. The zero-order chi connectivity index (χ0) is 23.8. The minimum Gasteiger partial charge on any atom is -0.454 e. The molecule has 34 heavy (non-hydrogen) atoms. The van der Waals surface area contributed by atoms with Gasteiger partial charge in [-0.1, -0.05) is 24.3 Å². The highest BCUT2D eigenvalue weighted by Crippen LogP contribution is 2.39. The van der Waals surface area contributed by atoms with Gasteiger partial charge in [0.15, 0.2) is 5.75 Å². The number of anilines is 2. The first-order chi connectivity index (χ1) is 16.5. The van der Waals surface area contributed by atoms with Gasteiger partial charge in [-0.2, -0.15) is 0 Å². The number of rotatable bonds is 3. The third-order valence-electron chi connectivity index (χ3n) is 6.67. The first-order valence-corrected chi connectivity index (χ1v) is 11.8. The van der Waals surface area contributed by atoms with E-state index in [-0.39, 0.29) is 11.8 Å². The number of benzene rings is 3. The summed E-state index contributed by atoms with van der Waals surface area (Å²) in [6.45, 7) is 9.53. The van der Waals surface area contributed by atoms with Gasteiger partial charge in [0.05, 0.1) is 11.3 Å². The summed E-state index contributed by atoms with van der Waals surface area (Å²) >= 11 is 0. The van der Waals surface area contributed by atoms with Crippen molar-refractivity contribution in [1.29, 1.82) is 0 Å². The van der Waals surface area contributed by atoms with E-state index in [1.165, 1.54) is 16.8 Å². The minimum atomic E-state index is -0.122. The zero-order valence-electron chi connectivity index (χ0n) is 19.9. The molecule has 0 bridgehead atoms. The lowest BCUT2D eigenvalue weighted by atomic mass is 10.1. The summed E-state index contributed by atoms with van der Waals surface area (Å²) in [5.74, 6) is 0.972. The molecule has 0 spiro atoms. The summed E-state index contributed by atoms with van der Waals surface area (Å²) in [6.07, 6.45) is 0. The van der Waals surface area contributed by atoms with Crippen LogP contribution < -0.4 is 14.5 Å². The minimum absolute atomic E-state index is 0.0197. The SMILES string of the molecule is CCN1C(=O)c2ccccc2Oc2ccc(C(=O)N3CCN(c4cc(C)ccc4C)CC3)cc21. The van der Waals surface area contributed by atoms with Crippen LogP contribution in [0.15, 0.2) is 60.7 Å². The molecule has 6 heteroatoms. The normalized spacial score (nSPS) is 15.4. The van der Waals surface area contributed by atoms with Crippen molar-refractivity contribution in [3.63, 3.8) is 0 Å². The van der Waals surface area contributed by atoms with Crippen LogP contribution in [0.1, 0.15) is 38.8 Å². The number of ether oxygens (including phenoxy) is 1. The van der Waals surface area contributed by atoms with E-state index in [1.807, 2.05) is 24.0 Å². The molecule has 1 saturated heterocycles. The van der Waals surface area contributed by atoms with Crippen LogP contribution in [0.2, 0.25) is 0 Å². The largest absolute Gasteiger partial charge is 0.454 e. The Labute approximate surface area is 200 Å². The standard InChI is InChI=1S/C28H29N3O3/c1-4-31-24-18-21(11-12-26(24)34-25-8-6-5-7-22(25)28(31)33)27(32)30-15-13-29(14-16-30)23-17-19(2)9-10-20(23)3/h5-12,17-18H,4,13-16H2,1-3H3. The van der Waals surface area contributed by atoms with Crippen molar-refractivity contribution in [2.45, 2.75) is 20.8 Å². The molecule has 2 aliphatic heterocycles. The van der Waals surface area contributed by atoms with Crippen molar-refractivity contribution < 1.29 is 14.3 Å². The van der Waals surface area contributed by atoms with Crippen molar-refractivity contribution in [3.05, 3.63) is 82.9 Å². The second-order valence-corrected chi connectivity index (χ2v) is 8.90. The Hall–Kier alpha value is -3.80. The van der Waals surface area contributed by atoms with Crippen molar-refractivity contribution in [1.82, 2.24) is 4.90 Å². The van der Waals surface area contributed by atoms with Gasteiger partial charge in [0.1, 0.15) is 5.75 Å². The first kappa shape index (κ1) is 22.0. The number of amides is 2. The van der Waals surface area contributed by atoms with Gasteiger partial charge in [0, 0.05) is 44.0 Å². The van der Waals surface area contributed by atoms with Gasteiger partial charge < -0.3 is 19.4 Å². The highest BCUT2D eigenvalue weighted by atomic mass is 16.5. The van der Waals surface area contributed by atoms with Gasteiger partial charge >= 0.3 is 0 Å². The number of fused-ring (bicyclic) bond motifs is 2. The fourth-order valence-electron chi connectivity index (χ4n) is 4.76. The topological polar surface area (TPSA) is 53.1 Å². The highest BCUT2D eigenvalue weighted by molar-refractivity contribution is 6.10. The van der Waals surface area contributed by atoms with Gasteiger partial charge in [0.25, 0.3) is 11.8 Å². The predicted molar refractivity (Wildman–Crippen MR) is 134 cm³/mol. The average Bonchev–Trinajstić information content (AvgIpc) is 2.98. The number of hydrogen-bond acceptors (Lipinski definition) is 4. The smallest absolute Gasteiger partial charge is 0.262 e. The first-order valence-electron chi connectivity index (χ1n) is 11.8. The fourth-order valence-corrected chi connectivity index (χ4v) is 4.76. The predicted octanol–water partition coefficient (Wildman–Crippen LogP) is 5.04. The molecule has 0 radical (unpaired) electrons. The van der Waals surface area contributed by atoms with E-state index in [9.17, 15) is 9.59 Å². The number of carbonyl (C=O) groups is 2. The summed E-state index contributed by atoms with van der Waals surface area (Å²) in [4.78, 5) is 32.5. The third kappa shape index (κ3) is 3.89. The molecule has 0 aromatic heterocycles. The molecular weight excluding hydrogens is 426 g/mol. The number of carbonyl (C=O) groups excluding carboxylic acids is 2. The Balaban J connectivity index is 1.37. The van der Waals surface area contributed by atoms with E-state index in [2.05, 4.69) is 36.9 Å². The summed E-state index contributed by atoms with van der Waals surface area (Å²) < 4.78 is 6.07. The Morgan fingerprint density at radius 2 is 1.65 bits per heavy atom. The van der Waals surface area contributed by atoms with Crippen LogP contribution in [0.4, 0.5) is 11.4 Å². The van der Waals surface area contributed by atoms with Gasteiger partial charge in [-0.3, -0.25) is 9.59 Å². The molecule has 0 unspecified atom stereocenters. The fraction of sp³-hybridized carbons (Fsp3) is 0.286. The zero-order valence-corrected chi connectivity index (χ0v) is 19.9. The van der Waals surface area contributed by atoms with Crippen LogP contribution in [-0.2, 0) is 0 Å². The molecule has 6 nitrogen and oxygen atoms in total. The van der Waals surface area contributed by atoms with Crippen molar-refractivity contribution in [2.75, 3.05) is 42.5 Å². The van der Waals surface area contributed by atoms with E-state index in [1.54, 1.807) is 35.2 Å². The van der Waals surface area contributed by atoms with Gasteiger partial charge in [0.2, 0.25) is 0 Å². The number of hydrogen-bond donors (Lipinski definition) is 0. The lowest BCUT2D eigenvalue weighted by molar-refractivity contribution is 0.0746. The second kappa shape index (κ2) is 8.86. The van der Waals surface area contributed by atoms with Crippen molar-refractivity contribution >= 4 is 23.2 Å².